The first-order valence-electron chi connectivity index (χ1n) is 10.4. The third kappa shape index (κ3) is 4.74. The Kier molecular flexibility index (Phi) is 6.00. The Morgan fingerprint density at radius 3 is 2.68 bits per heavy atom. The molecule has 0 saturated carbocycles. The molecule has 2 N–H and O–H groups in total. The molecule has 2 aromatic carbocycles. The van der Waals surface area contributed by atoms with E-state index in [4.69, 9.17) is 4.74 Å². The highest BCUT2D eigenvalue weighted by Crippen LogP contribution is 2.35. The van der Waals surface area contributed by atoms with Gasteiger partial charge in [-0.15, -0.1) is 5.10 Å². The highest BCUT2D eigenvalue weighted by molar-refractivity contribution is 5.92. The number of ether oxygens (including phenoxy) is 1. The summed E-state index contributed by atoms with van der Waals surface area (Å²) in [6.07, 6.45) is -0.668. The van der Waals surface area contributed by atoms with Crippen LogP contribution in [-0.4, -0.2) is 29.4 Å². The third-order valence-electron chi connectivity index (χ3n) is 5.72. The summed E-state index contributed by atoms with van der Waals surface area (Å²) < 4.78 is 46.1. The second kappa shape index (κ2) is 8.70. The lowest BCUT2D eigenvalue weighted by Crippen LogP contribution is -2.34. The molecule has 4 rings (SSSR count). The molecule has 3 aromatic rings. The monoisotopic (exact) mass is 430 g/mol. The van der Waals surface area contributed by atoms with E-state index in [-0.39, 0.29) is 11.7 Å². The zero-order valence-electron chi connectivity index (χ0n) is 17.5. The summed E-state index contributed by atoms with van der Waals surface area (Å²) in [6.45, 7) is 5.18. The maximum absolute atomic E-state index is 13.3. The van der Waals surface area contributed by atoms with E-state index < -0.39 is 17.8 Å². The molecular formula is C23H25F3N4O. The first-order chi connectivity index (χ1) is 14.8. The van der Waals surface area contributed by atoms with Gasteiger partial charge in [-0.05, 0) is 75.2 Å². The maximum atomic E-state index is 13.3. The van der Waals surface area contributed by atoms with Crippen LogP contribution < -0.4 is 15.4 Å². The minimum Gasteiger partial charge on any atom is -0.490 e. The summed E-state index contributed by atoms with van der Waals surface area (Å²) in [4.78, 5) is 0. The predicted molar refractivity (Wildman–Crippen MR) is 114 cm³/mol. The number of rotatable bonds is 5. The molecule has 0 radical (unpaired) electrons. The van der Waals surface area contributed by atoms with Gasteiger partial charge in [0.15, 0.2) is 5.82 Å². The van der Waals surface area contributed by atoms with E-state index in [1.165, 1.54) is 13.0 Å². The van der Waals surface area contributed by atoms with Crippen LogP contribution in [0.4, 0.5) is 19.0 Å². The Balaban J connectivity index is 1.61. The number of anilines is 1. The average molecular weight is 430 g/mol. The van der Waals surface area contributed by atoms with Gasteiger partial charge in [-0.1, -0.05) is 12.1 Å². The average Bonchev–Trinajstić information content (AvgIpc) is 2.74. The van der Waals surface area contributed by atoms with E-state index in [0.717, 1.165) is 48.5 Å². The van der Waals surface area contributed by atoms with Gasteiger partial charge in [0.2, 0.25) is 0 Å². The smallest absolute Gasteiger partial charge is 0.416 e. The van der Waals surface area contributed by atoms with Crippen LogP contribution in [0, 0.1) is 6.92 Å². The zero-order valence-corrected chi connectivity index (χ0v) is 17.5. The van der Waals surface area contributed by atoms with Gasteiger partial charge in [-0.3, -0.25) is 0 Å². The van der Waals surface area contributed by atoms with Crippen molar-refractivity contribution < 1.29 is 17.9 Å². The Morgan fingerprint density at radius 1 is 1.16 bits per heavy atom. The first-order valence-corrected chi connectivity index (χ1v) is 10.4. The van der Waals surface area contributed by atoms with Crippen molar-refractivity contribution in [1.82, 2.24) is 15.5 Å². The summed E-state index contributed by atoms with van der Waals surface area (Å²) in [7, 11) is 0. The highest BCUT2D eigenvalue weighted by Gasteiger charge is 2.33. The number of alkyl halides is 3. The van der Waals surface area contributed by atoms with E-state index in [1.807, 2.05) is 25.1 Å². The fraction of sp³-hybridized carbons (Fsp3) is 0.391. The molecule has 8 heteroatoms. The Labute approximate surface area is 179 Å². The second-order valence-corrected chi connectivity index (χ2v) is 7.89. The molecule has 1 atom stereocenters. The standard InChI is InChI=1S/C23H25F3N4O/c1-14-19(4-3-5-21(14)23(24,25)26)15(2)29-22-20-12-18(7-6-16(20)13-28-30-22)31-17-8-10-27-11-9-17/h3-7,12-13,15,17,27H,8-11H2,1-2H3,(H,29,30)/t15-/m1/s1. The van der Waals surface area contributed by atoms with Gasteiger partial charge in [-0.25, -0.2) is 0 Å². The number of hydrogen-bond acceptors (Lipinski definition) is 5. The van der Waals surface area contributed by atoms with Crippen molar-refractivity contribution in [3.8, 4) is 5.75 Å². The van der Waals surface area contributed by atoms with Crippen LogP contribution >= 0.6 is 0 Å². The van der Waals surface area contributed by atoms with E-state index >= 15 is 0 Å². The van der Waals surface area contributed by atoms with Crippen LogP contribution in [0.15, 0.2) is 42.6 Å². The number of hydrogen-bond donors (Lipinski definition) is 2. The Morgan fingerprint density at radius 2 is 1.94 bits per heavy atom. The SMILES string of the molecule is Cc1c([C@@H](C)Nc2nncc3ccc(OC4CCNCC4)cc23)cccc1C(F)(F)F. The molecule has 1 aliphatic heterocycles. The van der Waals surface area contributed by atoms with Crippen molar-refractivity contribution in [1.29, 1.82) is 0 Å². The molecule has 1 saturated heterocycles. The van der Waals surface area contributed by atoms with Crippen molar-refractivity contribution in [2.45, 2.75) is 45.0 Å². The minimum atomic E-state index is -4.39. The number of piperidine rings is 1. The van der Waals surface area contributed by atoms with Gasteiger partial charge in [-0.2, -0.15) is 18.3 Å². The van der Waals surface area contributed by atoms with Gasteiger partial charge in [0, 0.05) is 10.8 Å². The largest absolute Gasteiger partial charge is 0.490 e. The lowest BCUT2D eigenvalue weighted by Gasteiger charge is -2.24. The number of benzene rings is 2. The molecular weight excluding hydrogens is 405 g/mol. The van der Waals surface area contributed by atoms with Gasteiger partial charge in [0.25, 0.3) is 0 Å². The molecule has 1 fully saturated rings. The molecule has 31 heavy (non-hydrogen) atoms. The van der Waals surface area contributed by atoms with Crippen LogP contribution in [0.5, 0.6) is 5.75 Å². The van der Waals surface area contributed by atoms with Crippen molar-refractivity contribution in [3.05, 3.63) is 59.3 Å². The fourth-order valence-corrected chi connectivity index (χ4v) is 4.05. The lowest BCUT2D eigenvalue weighted by molar-refractivity contribution is -0.138. The summed E-state index contributed by atoms with van der Waals surface area (Å²) >= 11 is 0. The van der Waals surface area contributed by atoms with E-state index in [2.05, 4.69) is 20.8 Å². The molecule has 0 aliphatic carbocycles. The molecule has 1 aliphatic rings. The summed E-state index contributed by atoms with van der Waals surface area (Å²) in [5.74, 6) is 1.26. The molecule has 0 amide bonds. The normalized spacial score (nSPS) is 16.3. The number of nitrogens with one attached hydrogen (secondary N) is 2. The van der Waals surface area contributed by atoms with Crippen LogP contribution in [-0.2, 0) is 6.18 Å². The van der Waals surface area contributed by atoms with Gasteiger partial charge in [0.1, 0.15) is 11.9 Å². The molecule has 0 spiro atoms. The molecule has 1 aromatic heterocycles. The summed E-state index contributed by atoms with van der Waals surface area (Å²) in [5.41, 5.74) is 0.147. The second-order valence-electron chi connectivity index (χ2n) is 7.89. The molecule has 164 valence electrons. The van der Waals surface area contributed by atoms with Gasteiger partial charge < -0.3 is 15.4 Å². The van der Waals surface area contributed by atoms with Crippen molar-refractivity contribution in [2.75, 3.05) is 18.4 Å². The van der Waals surface area contributed by atoms with Crippen LogP contribution in [0.2, 0.25) is 0 Å². The fourth-order valence-electron chi connectivity index (χ4n) is 4.05. The van der Waals surface area contributed by atoms with Crippen molar-refractivity contribution >= 4 is 16.6 Å². The van der Waals surface area contributed by atoms with Crippen LogP contribution in [0.1, 0.15) is 42.5 Å². The Hall–Kier alpha value is -2.87. The highest BCUT2D eigenvalue weighted by atomic mass is 19.4. The van der Waals surface area contributed by atoms with Crippen LogP contribution in [0.3, 0.4) is 0 Å². The molecule has 0 unspecified atom stereocenters. The van der Waals surface area contributed by atoms with E-state index in [1.54, 1.807) is 12.3 Å². The number of halogens is 3. The number of nitrogens with zero attached hydrogens (tertiary/aromatic N) is 2. The first kappa shape index (κ1) is 21.4. The van der Waals surface area contributed by atoms with Crippen LogP contribution in [0.25, 0.3) is 10.8 Å². The van der Waals surface area contributed by atoms with Gasteiger partial charge >= 0.3 is 6.18 Å². The summed E-state index contributed by atoms with van der Waals surface area (Å²) in [6, 6.07) is 9.60. The summed E-state index contributed by atoms with van der Waals surface area (Å²) in [5, 5.41) is 16.5. The predicted octanol–water partition coefficient (Wildman–Crippen LogP) is 5.26. The topological polar surface area (TPSA) is 59.1 Å². The van der Waals surface area contributed by atoms with E-state index in [9.17, 15) is 13.2 Å². The van der Waals surface area contributed by atoms with Gasteiger partial charge in [0.05, 0.1) is 17.8 Å². The quantitative estimate of drug-likeness (QED) is 0.578. The minimum absolute atomic E-state index is 0.164. The van der Waals surface area contributed by atoms with Crippen molar-refractivity contribution in [2.24, 2.45) is 0 Å². The van der Waals surface area contributed by atoms with E-state index in [0.29, 0.717) is 11.4 Å². The zero-order chi connectivity index (χ0) is 22.0. The van der Waals surface area contributed by atoms with Crippen molar-refractivity contribution in [3.63, 3.8) is 0 Å². The maximum Gasteiger partial charge on any atom is 0.416 e. The lowest BCUT2D eigenvalue weighted by atomic mass is 9.97. The number of aromatic nitrogens is 2. The molecule has 5 nitrogen and oxygen atoms in total. The molecule has 0 bridgehead atoms. The third-order valence-corrected chi connectivity index (χ3v) is 5.72. The molecule has 2 heterocycles. The Bertz CT molecular complexity index is 1060. The number of fused-ring (bicyclic) bond motifs is 1.